The Morgan fingerprint density at radius 3 is 2.37 bits per heavy atom. The quantitative estimate of drug-likeness (QED) is 0.467. The molecule has 0 spiro atoms. The molecule has 0 bridgehead atoms. The van der Waals surface area contributed by atoms with Gasteiger partial charge in [0.15, 0.2) is 15.6 Å². The van der Waals surface area contributed by atoms with Gasteiger partial charge in [0, 0.05) is 13.0 Å². The molecule has 1 aliphatic heterocycles. The fourth-order valence-electron chi connectivity index (χ4n) is 3.48. The number of carbonyl (C=O) groups is 1. The molecule has 0 fully saturated rings. The molecule has 1 heterocycles. The van der Waals surface area contributed by atoms with Crippen LogP contribution in [0.1, 0.15) is 31.7 Å². The Hall–Kier alpha value is -2.28. The zero-order chi connectivity index (χ0) is 21.4. The lowest BCUT2D eigenvalue weighted by molar-refractivity contribution is -0.133. The number of sulfone groups is 1. The first-order valence-corrected chi connectivity index (χ1v) is 11.8. The molecule has 30 heavy (non-hydrogen) atoms. The van der Waals surface area contributed by atoms with Crippen LogP contribution < -0.4 is 0 Å². The Balaban J connectivity index is 1.64. The van der Waals surface area contributed by atoms with E-state index in [1.54, 1.807) is 24.3 Å². The van der Waals surface area contributed by atoms with Crippen molar-refractivity contribution >= 4 is 15.6 Å². The maximum Gasteiger partial charge on any atom is 0.188 e. The molecule has 3 atom stereocenters. The minimum Gasteiger partial charge on any atom is -0.377 e. The lowest BCUT2D eigenvalue weighted by Crippen LogP contribution is -2.41. The van der Waals surface area contributed by atoms with Crippen LogP contribution in [0.5, 0.6) is 0 Å². The maximum absolute atomic E-state index is 13.0. The third kappa shape index (κ3) is 5.65. The molecule has 0 N–H and O–H groups in total. The van der Waals surface area contributed by atoms with Gasteiger partial charge >= 0.3 is 0 Å². The van der Waals surface area contributed by atoms with Crippen LogP contribution in [0.4, 0.5) is 0 Å². The topological polar surface area (TPSA) is 69.7 Å². The minimum absolute atomic E-state index is 0.150. The normalized spacial score (nSPS) is 23.5. The molecule has 0 saturated carbocycles. The van der Waals surface area contributed by atoms with Gasteiger partial charge in [0.25, 0.3) is 0 Å². The van der Waals surface area contributed by atoms with Crippen molar-refractivity contribution in [2.75, 3.05) is 6.61 Å². The highest BCUT2D eigenvalue weighted by molar-refractivity contribution is 7.92. The van der Waals surface area contributed by atoms with Crippen molar-refractivity contribution in [3.05, 3.63) is 78.4 Å². The van der Waals surface area contributed by atoms with E-state index in [1.807, 2.05) is 43.3 Å². The van der Waals surface area contributed by atoms with Crippen molar-refractivity contribution in [2.45, 2.75) is 55.1 Å². The summed E-state index contributed by atoms with van der Waals surface area (Å²) in [6.45, 7) is 2.84. The fraction of sp³-hybridized carbons (Fsp3) is 0.375. The molecule has 2 unspecified atom stereocenters. The van der Waals surface area contributed by atoms with E-state index in [-0.39, 0.29) is 23.2 Å². The van der Waals surface area contributed by atoms with Crippen molar-refractivity contribution in [1.82, 2.24) is 0 Å². The lowest BCUT2D eigenvalue weighted by Gasteiger charge is -2.27. The third-order valence-electron chi connectivity index (χ3n) is 5.15. The molecule has 0 radical (unpaired) electrons. The summed E-state index contributed by atoms with van der Waals surface area (Å²) in [6.07, 6.45) is 3.74. The highest BCUT2D eigenvalue weighted by Crippen LogP contribution is 2.25. The highest BCUT2D eigenvalue weighted by atomic mass is 32.2. The molecule has 160 valence electrons. The molecule has 2 aromatic rings. The second-order valence-corrected chi connectivity index (χ2v) is 9.44. The smallest absolute Gasteiger partial charge is 0.188 e. The predicted octanol–water partition coefficient (Wildman–Crippen LogP) is 4.13. The fourth-order valence-corrected chi connectivity index (χ4v) is 5.17. The van der Waals surface area contributed by atoms with Crippen LogP contribution in [0.25, 0.3) is 0 Å². The van der Waals surface area contributed by atoms with Gasteiger partial charge in [0.2, 0.25) is 0 Å². The molecule has 0 aromatic heterocycles. The van der Waals surface area contributed by atoms with Gasteiger partial charge in [-0.1, -0.05) is 67.6 Å². The Morgan fingerprint density at radius 1 is 1.03 bits per heavy atom. The van der Waals surface area contributed by atoms with Gasteiger partial charge in [0.05, 0.1) is 17.6 Å². The molecule has 2 aromatic carbocycles. The summed E-state index contributed by atoms with van der Waals surface area (Å²) in [4.78, 5) is 13.2. The van der Waals surface area contributed by atoms with Gasteiger partial charge < -0.3 is 9.47 Å². The Kier molecular flexibility index (Phi) is 7.96. The Morgan fingerprint density at radius 2 is 1.70 bits per heavy atom. The second kappa shape index (κ2) is 10.7. The van der Waals surface area contributed by atoms with Gasteiger partial charge in [0.1, 0.15) is 11.4 Å². The zero-order valence-corrected chi connectivity index (χ0v) is 18.0. The second-order valence-electron chi connectivity index (χ2n) is 7.31. The summed E-state index contributed by atoms with van der Waals surface area (Å²) >= 11 is 0. The highest BCUT2D eigenvalue weighted by Gasteiger charge is 2.38. The van der Waals surface area contributed by atoms with Gasteiger partial charge in [-0.3, -0.25) is 4.79 Å². The first-order valence-electron chi connectivity index (χ1n) is 10.3. The predicted molar refractivity (Wildman–Crippen MR) is 116 cm³/mol. The van der Waals surface area contributed by atoms with Crippen molar-refractivity contribution in [3.63, 3.8) is 0 Å². The average Bonchev–Trinajstić information content (AvgIpc) is 2.76. The SMILES string of the molecule is CCC1O[C@@H](CCOCc2ccccc2)/C=C\CC(S(=O)(=O)c2ccccc2)C1=O. The van der Waals surface area contributed by atoms with E-state index >= 15 is 0 Å². The molecule has 0 aliphatic carbocycles. The average molecular weight is 429 g/mol. The summed E-state index contributed by atoms with van der Waals surface area (Å²) in [7, 11) is -3.77. The molecule has 1 aliphatic rings. The van der Waals surface area contributed by atoms with Crippen molar-refractivity contribution in [3.8, 4) is 0 Å². The van der Waals surface area contributed by atoms with E-state index in [1.165, 1.54) is 12.1 Å². The van der Waals surface area contributed by atoms with Gasteiger partial charge in [-0.15, -0.1) is 0 Å². The first kappa shape index (κ1) is 22.4. The van der Waals surface area contributed by atoms with Crippen LogP contribution >= 0.6 is 0 Å². The minimum atomic E-state index is -3.77. The molecule has 0 amide bonds. The number of allylic oxidation sites excluding steroid dienone is 1. The van der Waals surface area contributed by atoms with E-state index in [0.29, 0.717) is 26.1 Å². The van der Waals surface area contributed by atoms with Crippen LogP contribution in [0, 0.1) is 0 Å². The summed E-state index contributed by atoms with van der Waals surface area (Å²) in [6, 6.07) is 18.0. The largest absolute Gasteiger partial charge is 0.377 e. The molecule has 5 nitrogen and oxygen atoms in total. The maximum atomic E-state index is 13.0. The van der Waals surface area contributed by atoms with Crippen molar-refractivity contribution in [2.24, 2.45) is 0 Å². The third-order valence-corrected chi connectivity index (χ3v) is 7.25. The number of carbonyl (C=O) groups excluding carboxylic acids is 1. The molecule has 3 rings (SSSR count). The summed E-state index contributed by atoms with van der Waals surface area (Å²) in [5, 5.41) is -1.13. The lowest BCUT2D eigenvalue weighted by atomic mass is 10.0. The van der Waals surface area contributed by atoms with Crippen molar-refractivity contribution in [1.29, 1.82) is 0 Å². The van der Waals surface area contributed by atoms with E-state index < -0.39 is 21.2 Å². The summed E-state index contributed by atoms with van der Waals surface area (Å²) in [5.74, 6) is -0.374. The van der Waals surface area contributed by atoms with Crippen LogP contribution in [-0.2, 0) is 30.7 Å². The standard InChI is InChI=1S/C24H28O5S/c1-2-22-24(25)23(30(26,27)21-13-7-4-8-14-21)15-9-12-20(29-22)16-17-28-18-19-10-5-3-6-11-19/h3-14,20,22-23H,2,15-18H2,1H3/b12-9-/t20-,22?,23?/m1/s1. The number of ether oxygens (including phenoxy) is 2. The van der Waals surface area contributed by atoms with Gasteiger partial charge in [-0.05, 0) is 30.5 Å². The summed E-state index contributed by atoms with van der Waals surface area (Å²) in [5.41, 5.74) is 1.10. The number of Topliss-reactive ketones (excluding diaryl/α,β-unsaturated/α-hetero) is 1. The number of ketones is 1. The van der Waals surface area contributed by atoms with E-state index in [0.717, 1.165) is 5.56 Å². The number of hydrogen-bond acceptors (Lipinski definition) is 5. The molecule has 6 heteroatoms. The van der Waals surface area contributed by atoms with Gasteiger partial charge in [-0.25, -0.2) is 8.42 Å². The first-order chi connectivity index (χ1) is 14.5. The zero-order valence-electron chi connectivity index (χ0n) is 17.1. The number of hydrogen-bond donors (Lipinski definition) is 0. The Bertz CT molecular complexity index is 938. The van der Waals surface area contributed by atoms with E-state index in [9.17, 15) is 13.2 Å². The number of benzene rings is 2. The van der Waals surface area contributed by atoms with E-state index in [2.05, 4.69) is 0 Å². The van der Waals surface area contributed by atoms with Crippen LogP contribution in [0.15, 0.2) is 77.7 Å². The van der Waals surface area contributed by atoms with Crippen molar-refractivity contribution < 1.29 is 22.7 Å². The Labute approximate surface area is 178 Å². The van der Waals surface area contributed by atoms with Gasteiger partial charge in [-0.2, -0.15) is 0 Å². The molecule has 0 saturated heterocycles. The number of rotatable bonds is 8. The van der Waals surface area contributed by atoms with E-state index in [4.69, 9.17) is 9.47 Å². The molecular weight excluding hydrogens is 400 g/mol. The summed E-state index contributed by atoms with van der Waals surface area (Å²) < 4.78 is 37.8. The van der Waals surface area contributed by atoms with Crippen LogP contribution in [-0.4, -0.2) is 38.3 Å². The van der Waals surface area contributed by atoms with Crippen LogP contribution in [0.3, 0.4) is 0 Å². The monoisotopic (exact) mass is 428 g/mol. The molecular formula is C24H28O5S. The van der Waals surface area contributed by atoms with Crippen LogP contribution in [0.2, 0.25) is 0 Å².